The van der Waals surface area contributed by atoms with Gasteiger partial charge in [-0.2, -0.15) is 0 Å². The highest BCUT2D eigenvalue weighted by molar-refractivity contribution is 7.99. The van der Waals surface area contributed by atoms with Gasteiger partial charge in [0.15, 0.2) is 0 Å². The molecule has 1 aromatic heterocycles. The number of furan rings is 1. The Morgan fingerprint density at radius 3 is 2.84 bits per heavy atom. The first-order valence-corrected chi connectivity index (χ1v) is 7.52. The van der Waals surface area contributed by atoms with E-state index in [9.17, 15) is 4.79 Å². The van der Waals surface area contributed by atoms with Crippen LogP contribution in [0.25, 0.3) is 0 Å². The van der Waals surface area contributed by atoms with Gasteiger partial charge in [-0.05, 0) is 45.1 Å². The Bertz CT molecular complexity index is 405. The van der Waals surface area contributed by atoms with Crippen LogP contribution in [0.2, 0.25) is 0 Å². The van der Waals surface area contributed by atoms with Crippen molar-refractivity contribution in [2.75, 3.05) is 19.4 Å². The normalized spacial score (nSPS) is 14.1. The molecule has 0 aliphatic rings. The molecule has 0 aromatic carbocycles. The molecule has 1 unspecified atom stereocenters. The fraction of sp³-hybridized carbons (Fsp3) is 0.643. The zero-order valence-corrected chi connectivity index (χ0v) is 12.9. The number of rotatable bonds is 8. The average Bonchev–Trinajstić information content (AvgIpc) is 2.79. The summed E-state index contributed by atoms with van der Waals surface area (Å²) in [6.45, 7) is 6.60. The molecule has 1 aromatic rings. The van der Waals surface area contributed by atoms with E-state index in [0.717, 1.165) is 30.9 Å². The van der Waals surface area contributed by atoms with E-state index in [1.807, 2.05) is 26.8 Å². The van der Waals surface area contributed by atoms with Crippen LogP contribution in [0.15, 0.2) is 21.6 Å². The Labute approximate surface area is 119 Å². The maximum absolute atomic E-state index is 11.8. The minimum absolute atomic E-state index is 0.196. The third-order valence-corrected chi connectivity index (χ3v) is 4.32. The topological polar surface area (TPSA) is 51.5 Å². The lowest BCUT2D eigenvalue weighted by atomic mass is 9.96. The van der Waals surface area contributed by atoms with Crippen LogP contribution in [0.1, 0.15) is 32.4 Å². The Morgan fingerprint density at radius 1 is 1.58 bits per heavy atom. The molecule has 0 fully saturated rings. The van der Waals surface area contributed by atoms with E-state index in [1.54, 1.807) is 18.0 Å². The van der Waals surface area contributed by atoms with Gasteiger partial charge in [-0.3, -0.25) is 4.79 Å². The van der Waals surface area contributed by atoms with Gasteiger partial charge in [0.05, 0.1) is 13.4 Å². The number of aryl methyl sites for hydroxylation is 1. The van der Waals surface area contributed by atoms with Gasteiger partial charge < -0.3 is 14.5 Å². The molecule has 0 spiro atoms. The van der Waals surface area contributed by atoms with Crippen molar-refractivity contribution in [3.63, 3.8) is 0 Å². The standard InChI is InChI=1S/C14H23NO3S/c1-5-15-14(3,13(16)17-4)8-6-10-19-12-7-9-18-11(12)2/h7,9,15H,5-6,8,10H2,1-4H3. The molecule has 0 saturated heterocycles. The molecular weight excluding hydrogens is 262 g/mol. The van der Waals surface area contributed by atoms with Gasteiger partial charge >= 0.3 is 5.97 Å². The highest BCUT2D eigenvalue weighted by Crippen LogP contribution is 2.25. The maximum Gasteiger partial charge on any atom is 0.325 e. The summed E-state index contributed by atoms with van der Waals surface area (Å²) in [4.78, 5) is 13.0. The number of thioether (sulfide) groups is 1. The largest absolute Gasteiger partial charge is 0.468 e. The summed E-state index contributed by atoms with van der Waals surface area (Å²) < 4.78 is 10.1. The minimum Gasteiger partial charge on any atom is -0.468 e. The van der Waals surface area contributed by atoms with Crippen molar-refractivity contribution < 1.29 is 13.9 Å². The summed E-state index contributed by atoms with van der Waals surface area (Å²) in [5, 5.41) is 3.21. The van der Waals surface area contributed by atoms with Gasteiger partial charge in [0, 0.05) is 4.90 Å². The van der Waals surface area contributed by atoms with E-state index >= 15 is 0 Å². The van der Waals surface area contributed by atoms with Gasteiger partial charge in [-0.1, -0.05) is 6.92 Å². The Hall–Kier alpha value is -0.940. The first kappa shape index (κ1) is 16.1. The average molecular weight is 285 g/mol. The number of nitrogens with one attached hydrogen (secondary N) is 1. The molecular formula is C14H23NO3S. The summed E-state index contributed by atoms with van der Waals surface area (Å²) in [5.41, 5.74) is -0.588. The molecule has 1 rings (SSSR count). The molecule has 4 nitrogen and oxygen atoms in total. The minimum atomic E-state index is -0.588. The van der Waals surface area contributed by atoms with Gasteiger partial charge in [0.2, 0.25) is 0 Å². The molecule has 0 radical (unpaired) electrons. The quantitative estimate of drug-likeness (QED) is 0.452. The number of hydrogen-bond donors (Lipinski definition) is 1. The lowest BCUT2D eigenvalue weighted by Crippen LogP contribution is -2.50. The van der Waals surface area contributed by atoms with Crippen LogP contribution in [0.5, 0.6) is 0 Å². The van der Waals surface area contributed by atoms with E-state index in [0.29, 0.717) is 0 Å². The van der Waals surface area contributed by atoms with Crippen LogP contribution < -0.4 is 5.32 Å². The number of carbonyl (C=O) groups is 1. The van der Waals surface area contributed by atoms with Crippen molar-refractivity contribution in [3.8, 4) is 0 Å². The van der Waals surface area contributed by atoms with Gasteiger partial charge in [-0.25, -0.2) is 0 Å². The highest BCUT2D eigenvalue weighted by atomic mass is 32.2. The lowest BCUT2D eigenvalue weighted by molar-refractivity contribution is -0.148. The Balaban J connectivity index is 2.40. The first-order chi connectivity index (χ1) is 9.03. The zero-order valence-electron chi connectivity index (χ0n) is 12.1. The molecule has 1 N–H and O–H groups in total. The lowest BCUT2D eigenvalue weighted by Gasteiger charge is -2.27. The number of methoxy groups -OCH3 is 1. The summed E-state index contributed by atoms with van der Waals surface area (Å²) >= 11 is 1.76. The second-order valence-corrected chi connectivity index (χ2v) is 5.78. The van der Waals surface area contributed by atoms with Crippen LogP contribution >= 0.6 is 11.8 Å². The van der Waals surface area contributed by atoms with Crippen molar-refractivity contribution in [2.24, 2.45) is 0 Å². The molecule has 0 amide bonds. The second-order valence-electron chi connectivity index (χ2n) is 4.65. The first-order valence-electron chi connectivity index (χ1n) is 6.54. The van der Waals surface area contributed by atoms with E-state index in [4.69, 9.17) is 9.15 Å². The number of carbonyl (C=O) groups excluding carboxylic acids is 1. The van der Waals surface area contributed by atoms with Crippen molar-refractivity contribution in [1.82, 2.24) is 5.32 Å². The molecule has 5 heteroatoms. The third kappa shape index (κ3) is 4.58. The smallest absolute Gasteiger partial charge is 0.325 e. The van der Waals surface area contributed by atoms with Crippen molar-refractivity contribution >= 4 is 17.7 Å². The van der Waals surface area contributed by atoms with E-state index in [2.05, 4.69) is 5.32 Å². The third-order valence-electron chi connectivity index (χ3n) is 3.09. The van der Waals surface area contributed by atoms with Crippen LogP contribution in [0.3, 0.4) is 0 Å². The Kier molecular flexibility index (Phi) is 6.45. The number of likely N-dealkylation sites (N-methyl/N-ethyl adjacent to an activating group) is 1. The van der Waals surface area contributed by atoms with Crippen molar-refractivity contribution in [3.05, 3.63) is 18.1 Å². The van der Waals surface area contributed by atoms with Crippen LogP contribution in [-0.4, -0.2) is 30.9 Å². The highest BCUT2D eigenvalue weighted by Gasteiger charge is 2.32. The van der Waals surface area contributed by atoms with Crippen LogP contribution in [0.4, 0.5) is 0 Å². The fourth-order valence-corrected chi connectivity index (χ4v) is 2.92. The monoisotopic (exact) mass is 285 g/mol. The van der Waals surface area contributed by atoms with Crippen molar-refractivity contribution in [1.29, 1.82) is 0 Å². The molecule has 19 heavy (non-hydrogen) atoms. The number of ether oxygens (including phenoxy) is 1. The molecule has 1 heterocycles. The zero-order chi connectivity index (χ0) is 14.3. The van der Waals surface area contributed by atoms with Crippen molar-refractivity contribution in [2.45, 2.75) is 44.0 Å². The molecule has 1 atom stereocenters. The summed E-state index contributed by atoms with van der Waals surface area (Å²) in [7, 11) is 1.43. The fourth-order valence-electron chi connectivity index (χ4n) is 2.01. The second kappa shape index (κ2) is 7.60. The summed E-state index contributed by atoms with van der Waals surface area (Å²) in [6.07, 6.45) is 3.40. The van der Waals surface area contributed by atoms with Gasteiger partial charge in [0.25, 0.3) is 0 Å². The van der Waals surface area contributed by atoms with Gasteiger partial charge in [0.1, 0.15) is 11.3 Å². The van der Waals surface area contributed by atoms with E-state index in [-0.39, 0.29) is 5.97 Å². The predicted octanol–water partition coefficient (Wildman–Crippen LogP) is 3.00. The van der Waals surface area contributed by atoms with E-state index in [1.165, 1.54) is 12.0 Å². The summed E-state index contributed by atoms with van der Waals surface area (Å²) in [5.74, 6) is 1.71. The molecule has 108 valence electrons. The maximum atomic E-state index is 11.8. The molecule has 0 aliphatic heterocycles. The van der Waals surface area contributed by atoms with Gasteiger partial charge in [-0.15, -0.1) is 11.8 Å². The SMILES string of the molecule is CCNC(C)(CCCSc1ccoc1C)C(=O)OC. The Morgan fingerprint density at radius 2 is 2.32 bits per heavy atom. The van der Waals surface area contributed by atoms with E-state index < -0.39 is 5.54 Å². The molecule has 0 aliphatic carbocycles. The van der Waals surface area contributed by atoms with Crippen LogP contribution in [-0.2, 0) is 9.53 Å². The molecule has 0 bridgehead atoms. The number of hydrogen-bond acceptors (Lipinski definition) is 5. The summed E-state index contributed by atoms with van der Waals surface area (Å²) in [6, 6.07) is 1.98. The molecule has 0 saturated carbocycles. The predicted molar refractivity (Wildman–Crippen MR) is 77.5 cm³/mol. The van der Waals surface area contributed by atoms with Crippen LogP contribution in [0, 0.1) is 6.92 Å². The number of esters is 1.